The summed E-state index contributed by atoms with van der Waals surface area (Å²) >= 11 is 0. The molecule has 0 bridgehead atoms. The quantitative estimate of drug-likeness (QED) is 0.0228. The van der Waals surface area contributed by atoms with E-state index >= 15 is 0 Å². The van der Waals surface area contributed by atoms with Gasteiger partial charge in [-0.05, 0) is 64.2 Å². The SMILES string of the molecule is CCCC/C=C\CCCCCCCC(=O)OC(COC(=O)CCCCCCCCCCC/C=C\CCCCCCCC)COC1OC(C(=O)O)C(O)C(O)C1OC(=O)CCCCCCCCCCCCCCCCCCCCC. The minimum atomic E-state index is -1.90. The summed E-state index contributed by atoms with van der Waals surface area (Å²) < 4.78 is 28.5. The topological polar surface area (TPSA) is 175 Å². The number of carbonyl (C=O) groups is 4. The number of ether oxygens (including phenoxy) is 5. The minimum absolute atomic E-state index is 0.0667. The molecule has 0 amide bonds. The molecule has 1 rings (SSSR count). The number of carbonyl (C=O) groups excluding carboxylic acids is 3. The smallest absolute Gasteiger partial charge is 0.335 e. The molecule has 1 fully saturated rings. The number of unbranched alkanes of at least 4 members (excludes halogenated alkanes) is 40. The summed E-state index contributed by atoms with van der Waals surface area (Å²) in [5.41, 5.74) is 0. The Morgan fingerprint density at radius 2 is 0.734 bits per heavy atom. The van der Waals surface area contributed by atoms with Crippen molar-refractivity contribution in [3.8, 4) is 0 Å². The minimum Gasteiger partial charge on any atom is -0.479 e. The van der Waals surface area contributed by atoms with Gasteiger partial charge in [0, 0.05) is 19.3 Å². The molecule has 1 saturated heterocycles. The van der Waals surface area contributed by atoms with Crippen molar-refractivity contribution >= 4 is 23.9 Å². The maximum atomic E-state index is 13.1. The molecule has 0 radical (unpaired) electrons. The van der Waals surface area contributed by atoms with Crippen LogP contribution in [0.3, 0.4) is 0 Å². The van der Waals surface area contributed by atoms with Gasteiger partial charge in [-0.1, -0.05) is 270 Å². The molecule has 12 nitrogen and oxygen atoms in total. The van der Waals surface area contributed by atoms with Crippen LogP contribution < -0.4 is 0 Å². The lowest BCUT2D eigenvalue weighted by Gasteiger charge is -2.40. The van der Waals surface area contributed by atoms with E-state index < -0.39 is 67.3 Å². The molecule has 79 heavy (non-hydrogen) atoms. The first-order valence-corrected chi connectivity index (χ1v) is 33.3. The Hall–Kier alpha value is -2.80. The molecule has 0 aromatic rings. The van der Waals surface area contributed by atoms with E-state index in [0.29, 0.717) is 19.3 Å². The number of esters is 3. The molecule has 3 N–H and O–H groups in total. The van der Waals surface area contributed by atoms with Gasteiger partial charge in [-0.15, -0.1) is 0 Å². The lowest BCUT2D eigenvalue weighted by atomic mass is 9.98. The van der Waals surface area contributed by atoms with E-state index in [9.17, 15) is 34.5 Å². The fourth-order valence-corrected chi connectivity index (χ4v) is 10.3. The van der Waals surface area contributed by atoms with Crippen LogP contribution in [0.15, 0.2) is 24.3 Å². The molecule has 0 saturated carbocycles. The van der Waals surface area contributed by atoms with Crippen LogP contribution in [0.25, 0.3) is 0 Å². The molecule has 0 aromatic heterocycles. The zero-order valence-corrected chi connectivity index (χ0v) is 51.1. The summed E-state index contributed by atoms with van der Waals surface area (Å²) in [6, 6.07) is 0. The maximum absolute atomic E-state index is 13.1. The van der Waals surface area contributed by atoms with Crippen LogP contribution in [0.1, 0.15) is 329 Å². The van der Waals surface area contributed by atoms with Gasteiger partial charge in [-0.25, -0.2) is 4.79 Å². The van der Waals surface area contributed by atoms with Crippen molar-refractivity contribution in [3.63, 3.8) is 0 Å². The zero-order valence-electron chi connectivity index (χ0n) is 51.1. The van der Waals surface area contributed by atoms with Crippen molar-refractivity contribution in [2.24, 2.45) is 0 Å². The molecule has 6 unspecified atom stereocenters. The van der Waals surface area contributed by atoms with Gasteiger partial charge >= 0.3 is 23.9 Å². The predicted octanol–water partition coefficient (Wildman–Crippen LogP) is 17.8. The van der Waals surface area contributed by atoms with Gasteiger partial charge in [0.25, 0.3) is 0 Å². The van der Waals surface area contributed by atoms with Gasteiger partial charge in [0.15, 0.2) is 24.6 Å². The van der Waals surface area contributed by atoms with Crippen LogP contribution >= 0.6 is 0 Å². The Bertz CT molecular complexity index is 1470. The number of rotatable bonds is 58. The Kier molecular flexibility index (Phi) is 52.3. The van der Waals surface area contributed by atoms with Crippen LogP contribution in [0.5, 0.6) is 0 Å². The third-order valence-corrected chi connectivity index (χ3v) is 15.5. The van der Waals surface area contributed by atoms with Gasteiger partial charge in [0.1, 0.15) is 18.8 Å². The van der Waals surface area contributed by atoms with Gasteiger partial charge in [-0.2, -0.15) is 0 Å². The lowest BCUT2D eigenvalue weighted by Crippen LogP contribution is -2.61. The number of carboxylic acids is 1. The average molecular weight is 1120 g/mol. The largest absolute Gasteiger partial charge is 0.479 e. The van der Waals surface area contributed by atoms with Gasteiger partial charge in [0.2, 0.25) is 0 Å². The van der Waals surface area contributed by atoms with Gasteiger partial charge < -0.3 is 39.0 Å². The van der Waals surface area contributed by atoms with Crippen molar-refractivity contribution < 1.29 is 58.2 Å². The monoisotopic (exact) mass is 1120 g/mol. The van der Waals surface area contributed by atoms with Crippen LogP contribution in [0.4, 0.5) is 0 Å². The van der Waals surface area contributed by atoms with E-state index in [0.717, 1.165) is 77.0 Å². The third-order valence-electron chi connectivity index (χ3n) is 15.5. The summed E-state index contributed by atoms with van der Waals surface area (Å²) in [6.45, 7) is 6.00. The van der Waals surface area contributed by atoms with Crippen molar-refractivity contribution in [2.45, 2.75) is 366 Å². The molecule has 12 heteroatoms. The van der Waals surface area contributed by atoms with Crippen molar-refractivity contribution in [3.05, 3.63) is 24.3 Å². The number of aliphatic carboxylic acids is 1. The van der Waals surface area contributed by atoms with E-state index in [-0.39, 0.29) is 25.9 Å². The molecule has 1 aliphatic heterocycles. The lowest BCUT2D eigenvalue weighted by molar-refractivity contribution is -0.301. The molecule has 6 atom stereocenters. The molecule has 0 aliphatic carbocycles. The third kappa shape index (κ3) is 45.4. The fourth-order valence-electron chi connectivity index (χ4n) is 10.3. The van der Waals surface area contributed by atoms with Crippen LogP contribution in [-0.2, 0) is 42.9 Å². The highest BCUT2D eigenvalue weighted by Gasteiger charge is 2.50. The number of hydrogen-bond donors (Lipinski definition) is 3. The Morgan fingerprint density at radius 3 is 1.11 bits per heavy atom. The van der Waals surface area contributed by atoms with Gasteiger partial charge in [-0.3, -0.25) is 14.4 Å². The van der Waals surface area contributed by atoms with Crippen molar-refractivity contribution in [2.75, 3.05) is 13.2 Å². The van der Waals surface area contributed by atoms with Crippen LogP contribution in [0.2, 0.25) is 0 Å². The van der Waals surface area contributed by atoms with Gasteiger partial charge in [0.05, 0.1) is 6.61 Å². The number of carboxylic acid groups (broad SMARTS) is 1. The van der Waals surface area contributed by atoms with Crippen LogP contribution in [0, 0.1) is 0 Å². The molecular formula is C67H122O12. The molecule has 0 aromatic carbocycles. The molecule has 1 aliphatic rings. The van der Waals surface area contributed by atoms with E-state index in [1.807, 2.05) is 0 Å². The molecule has 0 spiro atoms. The highest BCUT2D eigenvalue weighted by Crippen LogP contribution is 2.27. The zero-order chi connectivity index (χ0) is 57.5. The number of aliphatic hydroxyl groups is 2. The number of hydrogen-bond acceptors (Lipinski definition) is 11. The summed E-state index contributed by atoms with van der Waals surface area (Å²) in [6.07, 6.45) is 52.9. The van der Waals surface area contributed by atoms with E-state index in [1.165, 1.54) is 193 Å². The van der Waals surface area contributed by atoms with E-state index in [1.54, 1.807) is 0 Å². The van der Waals surface area contributed by atoms with Crippen molar-refractivity contribution in [1.29, 1.82) is 0 Å². The highest BCUT2D eigenvalue weighted by molar-refractivity contribution is 5.74. The summed E-state index contributed by atoms with van der Waals surface area (Å²) in [4.78, 5) is 51.3. The van der Waals surface area contributed by atoms with Crippen molar-refractivity contribution in [1.82, 2.24) is 0 Å². The number of aliphatic hydroxyl groups excluding tert-OH is 2. The fraction of sp³-hybridized carbons (Fsp3) is 0.881. The average Bonchev–Trinajstić information content (AvgIpc) is 3.47. The normalized spacial score (nSPS) is 17.9. The first-order valence-electron chi connectivity index (χ1n) is 33.3. The summed E-state index contributed by atoms with van der Waals surface area (Å²) in [5, 5.41) is 31.6. The van der Waals surface area contributed by atoms with E-state index in [4.69, 9.17) is 23.7 Å². The molecule has 462 valence electrons. The standard InChI is InChI=1S/C67H122O12/c1-4-7-10-13-16-19-22-24-26-28-30-32-34-36-39-41-44-47-50-53-59(68)75-56-58(77-60(69)54-51-48-45-42-38-21-18-15-12-9-6-3)57-76-67-65(63(72)62(71)64(79-67)66(73)74)78-61(70)55-52-49-46-43-40-37-35-33-31-29-27-25-23-20-17-14-11-8-5-2/h15,18,24,26,58,62-65,67,71-72H,4-14,16-17,19-23,25,27-57H2,1-3H3,(H,73,74)/b18-15-,26-24-. The number of allylic oxidation sites excluding steroid dienone is 4. The Labute approximate surface area is 483 Å². The maximum Gasteiger partial charge on any atom is 0.335 e. The second kappa shape index (κ2) is 55.7. The predicted molar refractivity (Wildman–Crippen MR) is 322 cm³/mol. The Balaban J connectivity index is 2.58. The van der Waals surface area contributed by atoms with Crippen LogP contribution in [-0.4, -0.2) is 89.2 Å². The summed E-state index contributed by atoms with van der Waals surface area (Å²) in [7, 11) is 0. The second-order valence-corrected chi connectivity index (χ2v) is 23.1. The summed E-state index contributed by atoms with van der Waals surface area (Å²) in [5.74, 6) is -3.10. The first-order chi connectivity index (χ1) is 38.6. The highest BCUT2D eigenvalue weighted by atomic mass is 16.7. The first kappa shape index (κ1) is 74.2. The molecule has 1 heterocycles. The molecular weight excluding hydrogens is 997 g/mol. The second-order valence-electron chi connectivity index (χ2n) is 23.1. The van der Waals surface area contributed by atoms with E-state index in [2.05, 4.69) is 45.1 Å². The Morgan fingerprint density at radius 1 is 0.405 bits per heavy atom.